The molecule has 0 unspecified atom stereocenters. The van der Waals surface area contributed by atoms with Crippen LogP contribution in [0.3, 0.4) is 0 Å². The number of rotatable bonds is 15. The van der Waals surface area contributed by atoms with Gasteiger partial charge < -0.3 is 19.8 Å². The number of hydrogen-bond donors (Lipinski definition) is 2. The van der Waals surface area contributed by atoms with Crippen molar-refractivity contribution in [2.24, 2.45) is 0 Å². The minimum Gasteiger partial charge on any atom is -0.491 e. The van der Waals surface area contributed by atoms with Gasteiger partial charge in [-0.15, -0.1) is 0 Å². The van der Waals surface area contributed by atoms with Crippen LogP contribution in [0.1, 0.15) is 100 Å². The second-order valence-corrected chi connectivity index (χ2v) is 13.3. The molecule has 0 atom stereocenters. The Labute approximate surface area is 282 Å². The number of halogens is 1. The monoisotopic (exact) mass is 654 g/mol. The van der Waals surface area contributed by atoms with Crippen LogP contribution in [0.2, 0.25) is 0 Å². The van der Waals surface area contributed by atoms with E-state index in [1.54, 1.807) is 16.7 Å². The maximum Gasteiger partial charge on any atom is 0.407 e. The van der Waals surface area contributed by atoms with Crippen LogP contribution < -0.4 is 15.6 Å². The normalized spacial score (nSPS) is 13.0. The molecule has 0 saturated carbocycles. The number of H-pyrrole nitrogens is 1. The van der Waals surface area contributed by atoms with E-state index in [-0.39, 0.29) is 23.8 Å². The van der Waals surface area contributed by atoms with Gasteiger partial charge in [0.1, 0.15) is 11.3 Å². The maximum absolute atomic E-state index is 15.0. The Morgan fingerprint density at radius 2 is 1.75 bits per heavy atom. The molecular weight excluding hydrogens is 607 g/mol. The number of hydrogen-bond acceptors (Lipinski definition) is 5. The number of allylic oxidation sites excluding steroid dienone is 4. The summed E-state index contributed by atoms with van der Waals surface area (Å²) in [4.78, 5) is 33.6. The number of aromatic amines is 1. The molecular formula is C39H47FN4O4. The molecule has 3 aliphatic rings. The smallest absolute Gasteiger partial charge is 0.407 e. The lowest BCUT2D eigenvalue weighted by molar-refractivity contribution is 0.0527. The number of fused-ring (bicyclic) bond motifs is 1. The molecule has 1 aliphatic carbocycles. The van der Waals surface area contributed by atoms with Crippen LogP contribution in [0.5, 0.6) is 5.75 Å². The van der Waals surface area contributed by atoms with Gasteiger partial charge >= 0.3 is 6.09 Å². The van der Waals surface area contributed by atoms with Gasteiger partial charge in [-0.3, -0.25) is 9.36 Å². The first-order chi connectivity index (χ1) is 23.2. The summed E-state index contributed by atoms with van der Waals surface area (Å²) < 4.78 is 27.6. The van der Waals surface area contributed by atoms with Crippen LogP contribution >= 0.6 is 0 Å². The quantitative estimate of drug-likeness (QED) is 0.126. The predicted molar refractivity (Wildman–Crippen MR) is 188 cm³/mol. The van der Waals surface area contributed by atoms with Gasteiger partial charge in [0.25, 0.3) is 5.56 Å². The molecule has 254 valence electrons. The molecule has 2 aromatic carbocycles. The van der Waals surface area contributed by atoms with Crippen molar-refractivity contribution in [1.82, 2.24) is 19.9 Å². The lowest BCUT2D eigenvalue weighted by Gasteiger charge is -2.19. The molecule has 0 radical (unpaired) electrons. The van der Waals surface area contributed by atoms with Gasteiger partial charge in [-0.2, -0.15) is 0 Å². The van der Waals surface area contributed by atoms with Crippen molar-refractivity contribution in [3.63, 3.8) is 0 Å². The fourth-order valence-corrected chi connectivity index (χ4v) is 5.76. The van der Waals surface area contributed by atoms with E-state index < -0.39 is 11.4 Å². The van der Waals surface area contributed by atoms with Crippen molar-refractivity contribution >= 4 is 11.7 Å². The SMILES string of the molecule is CC(C)(C)OC(=O)NCCCCCCCCOc1ccc(Cc2nc3c(Cc4ccccc4)[nH]c(C4=CCCC=C4)cn-3c2=O)cc1F. The molecule has 0 spiro atoms. The summed E-state index contributed by atoms with van der Waals surface area (Å²) in [6, 6.07) is 15.0. The summed E-state index contributed by atoms with van der Waals surface area (Å²) in [5.74, 6) is 0.348. The summed E-state index contributed by atoms with van der Waals surface area (Å²) in [6.07, 6.45) is 16.5. The van der Waals surface area contributed by atoms with Crippen LogP contribution in [0.4, 0.5) is 9.18 Å². The molecule has 5 rings (SSSR count). The molecule has 9 heteroatoms. The molecule has 2 N–H and O–H groups in total. The molecule has 2 aromatic rings. The van der Waals surface area contributed by atoms with Crippen LogP contribution in [0.25, 0.3) is 11.4 Å². The molecule has 0 saturated heterocycles. The number of ether oxygens (including phenoxy) is 2. The van der Waals surface area contributed by atoms with Crippen molar-refractivity contribution < 1.29 is 18.7 Å². The summed E-state index contributed by atoms with van der Waals surface area (Å²) in [5, 5.41) is 2.78. The van der Waals surface area contributed by atoms with E-state index in [2.05, 4.69) is 40.7 Å². The second-order valence-electron chi connectivity index (χ2n) is 13.3. The van der Waals surface area contributed by atoms with Crippen molar-refractivity contribution in [2.75, 3.05) is 13.2 Å². The number of carbonyl (C=O) groups is 1. The molecule has 2 heterocycles. The van der Waals surface area contributed by atoms with Gasteiger partial charge in [-0.05, 0) is 75.3 Å². The Balaban J connectivity index is 1.14. The first-order valence-corrected chi connectivity index (χ1v) is 17.1. The summed E-state index contributed by atoms with van der Waals surface area (Å²) in [7, 11) is 0. The van der Waals surface area contributed by atoms with E-state index >= 15 is 4.39 Å². The van der Waals surface area contributed by atoms with E-state index in [1.807, 2.05) is 45.2 Å². The highest BCUT2D eigenvalue weighted by Gasteiger charge is 2.21. The lowest BCUT2D eigenvalue weighted by Crippen LogP contribution is -2.32. The molecule has 0 fully saturated rings. The molecule has 8 nitrogen and oxygen atoms in total. The highest BCUT2D eigenvalue weighted by atomic mass is 19.1. The Bertz CT molecular complexity index is 1750. The van der Waals surface area contributed by atoms with E-state index in [4.69, 9.17) is 14.5 Å². The number of imidazole rings is 1. The second kappa shape index (κ2) is 16.4. The Morgan fingerprint density at radius 1 is 0.979 bits per heavy atom. The Morgan fingerprint density at radius 3 is 2.48 bits per heavy atom. The first kappa shape index (κ1) is 34.7. The molecule has 0 bridgehead atoms. The average Bonchev–Trinajstić information content (AvgIpc) is 3.37. The van der Waals surface area contributed by atoms with Gasteiger partial charge in [0.05, 0.1) is 18.0 Å². The third-order valence-electron chi connectivity index (χ3n) is 8.14. The third kappa shape index (κ3) is 9.92. The van der Waals surface area contributed by atoms with Crippen molar-refractivity contribution in [3.8, 4) is 11.6 Å². The lowest BCUT2D eigenvalue weighted by atomic mass is 10.0. The summed E-state index contributed by atoms with van der Waals surface area (Å²) in [5.41, 5.74) is 4.23. The van der Waals surface area contributed by atoms with E-state index in [0.29, 0.717) is 36.6 Å². The largest absolute Gasteiger partial charge is 0.491 e. The first-order valence-electron chi connectivity index (χ1n) is 17.1. The number of aromatic nitrogens is 3. The summed E-state index contributed by atoms with van der Waals surface area (Å²) >= 11 is 0. The van der Waals surface area contributed by atoms with E-state index in [9.17, 15) is 9.59 Å². The van der Waals surface area contributed by atoms with Gasteiger partial charge in [0.15, 0.2) is 17.4 Å². The van der Waals surface area contributed by atoms with Crippen LogP contribution in [-0.2, 0) is 17.6 Å². The fraction of sp³-hybridized carbons (Fsp3) is 0.410. The molecule has 0 aromatic heterocycles. The van der Waals surface area contributed by atoms with Crippen LogP contribution in [0, 0.1) is 5.82 Å². The van der Waals surface area contributed by atoms with E-state index in [0.717, 1.165) is 73.9 Å². The zero-order valence-corrected chi connectivity index (χ0v) is 28.3. The maximum atomic E-state index is 15.0. The number of nitrogens with one attached hydrogen (secondary N) is 2. The minimum atomic E-state index is -0.489. The minimum absolute atomic E-state index is 0.199. The number of carbonyl (C=O) groups excluding carboxylic acids is 1. The van der Waals surface area contributed by atoms with Gasteiger partial charge in [0.2, 0.25) is 0 Å². The zero-order valence-electron chi connectivity index (χ0n) is 28.3. The summed E-state index contributed by atoms with van der Waals surface area (Å²) in [6.45, 7) is 6.57. The highest BCUT2D eigenvalue weighted by Crippen LogP contribution is 2.25. The van der Waals surface area contributed by atoms with Gasteiger partial charge in [0, 0.05) is 25.6 Å². The average molecular weight is 655 g/mol. The van der Waals surface area contributed by atoms with E-state index in [1.165, 1.54) is 6.07 Å². The van der Waals surface area contributed by atoms with Gasteiger partial charge in [-0.25, -0.2) is 14.2 Å². The molecule has 48 heavy (non-hydrogen) atoms. The third-order valence-corrected chi connectivity index (χ3v) is 8.14. The Hall–Kier alpha value is -4.66. The van der Waals surface area contributed by atoms with Gasteiger partial charge in [-0.1, -0.05) is 80.3 Å². The highest BCUT2D eigenvalue weighted by molar-refractivity contribution is 5.72. The number of nitrogens with zero attached hydrogens (tertiary/aromatic N) is 2. The zero-order chi connectivity index (χ0) is 33.9. The fourth-order valence-electron chi connectivity index (χ4n) is 5.76. The van der Waals surface area contributed by atoms with Crippen LogP contribution in [0.15, 0.2) is 77.8 Å². The topological polar surface area (TPSA) is 98.2 Å². The molecule has 1 amide bonds. The van der Waals surface area contributed by atoms with Crippen molar-refractivity contribution in [1.29, 1.82) is 0 Å². The Kier molecular flexibility index (Phi) is 11.9. The standard InChI is InChI=1S/C39H47FN4O4/c1-39(2,3)48-38(46)41-22-14-6-4-5-7-15-23-47-35-21-20-29(24-31(35)40)26-33-37(45)44-27-34(30-18-12-9-13-19-30)42-32(36(44)43-33)25-28-16-10-8-11-17-28/h8,10-12,16-21,24,27,42H,4-7,9,13-15,22-23,25-26H2,1-3H3,(H,41,46). The van der Waals surface area contributed by atoms with Crippen molar-refractivity contribution in [2.45, 2.75) is 90.6 Å². The molecule has 2 aliphatic heterocycles. The number of amides is 1. The number of alkyl carbamates (subject to hydrolysis) is 1. The number of benzene rings is 2. The predicted octanol–water partition coefficient (Wildman–Crippen LogP) is 8.30. The number of unbranched alkanes of at least 4 members (excludes halogenated alkanes) is 5. The van der Waals surface area contributed by atoms with Crippen LogP contribution in [-0.4, -0.2) is 39.4 Å². The van der Waals surface area contributed by atoms with Crippen molar-refractivity contribution in [3.05, 3.63) is 117 Å².